The smallest absolute Gasteiger partial charge is 0.166 e. The van der Waals surface area contributed by atoms with Crippen molar-refractivity contribution in [2.75, 3.05) is 12.4 Å². The number of pyridine rings is 1. The van der Waals surface area contributed by atoms with E-state index < -0.39 is 0 Å². The van der Waals surface area contributed by atoms with Gasteiger partial charge in [-0.2, -0.15) is 0 Å². The second-order valence-corrected chi connectivity index (χ2v) is 5.78. The molecule has 0 spiro atoms. The van der Waals surface area contributed by atoms with E-state index in [9.17, 15) is 9.90 Å². The highest BCUT2D eigenvalue weighted by Crippen LogP contribution is 2.32. The van der Waals surface area contributed by atoms with Gasteiger partial charge in [-0.25, -0.2) is 0 Å². The average Bonchev–Trinajstić information content (AvgIpc) is 2.63. The minimum absolute atomic E-state index is 0.0426. The van der Waals surface area contributed by atoms with E-state index in [0.717, 1.165) is 23.0 Å². The summed E-state index contributed by atoms with van der Waals surface area (Å²) in [5.74, 6) is 0.929. The topological polar surface area (TPSA) is 71.5 Å². The lowest BCUT2D eigenvalue weighted by Gasteiger charge is -2.15. The first-order chi connectivity index (χ1) is 12.1. The van der Waals surface area contributed by atoms with Crippen LogP contribution in [-0.4, -0.2) is 23.0 Å². The molecule has 0 unspecified atom stereocenters. The first kappa shape index (κ1) is 16.8. The fourth-order valence-electron chi connectivity index (χ4n) is 2.70. The van der Waals surface area contributed by atoms with E-state index in [1.807, 2.05) is 25.1 Å². The highest BCUT2D eigenvalue weighted by Gasteiger charge is 2.16. The number of carbonyl (C=O) groups is 1. The Bertz CT molecular complexity index is 905. The molecule has 5 nitrogen and oxygen atoms in total. The Morgan fingerprint density at radius 1 is 1.20 bits per heavy atom. The normalized spacial score (nSPS) is 10.6. The molecule has 3 aromatic rings. The molecule has 0 saturated heterocycles. The second kappa shape index (κ2) is 7.21. The zero-order valence-corrected chi connectivity index (χ0v) is 14.2. The van der Waals surface area contributed by atoms with E-state index in [1.165, 1.54) is 0 Å². The minimum Gasteiger partial charge on any atom is -0.508 e. The Morgan fingerprint density at radius 3 is 2.64 bits per heavy atom. The van der Waals surface area contributed by atoms with Gasteiger partial charge in [0.05, 0.1) is 23.9 Å². The van der Waals surface area contributed by atoms with Crippen LogP contribution >= 0.6 is 0 Å². The fraction of sp³-hybridized carbons (Fsp3) is 0.200. The third-order valence-corrected chi connectivity index (χ3v) is 3.99. The number of hydrogen-bond donors (Lipinski definition) is 2. The van der Waals surface area contributed by atoms with Crippen LogP contribution in [0.1, 0.15) is 30.1 Å². The zero-order chi connectivity index (χ0) is 17.8. The van der Waals surface area contributed by atoms with Crippen molar-refractivity contribution < 1.29 is 14.6 Å². The van der Waals surface area contributed by atoms with Crippen LogP contribution in [0.5, 0.6) is 11.5 Å². The van der Waals surface area contributed by atoms with Gasteiger partial charge in [-0.05, 0) is 48.9 Å². The van der Waals surface area contributed by atoms with Gasteiger partial charge in [0.15, 0.2) is 5.78 Å². The molecule has 0 aliphatic carbocycles. The number of ketones is 1. The zero-order valence-electron chi connectivity index (χ0n) is 14.2. The number of carbonyl (C=O) groups excluding carboxylic acids is 1. The summed E-state index contributed by atoms with van der Waals surface area (Å²) < 4.78 is 5.32. The number of benzene rings is 2. The molecule has 0 amide bonds. The number of hydrogen-bond acceptors (Lipinski definition) is 5. The van der Waals surface area contributed by atoms with E-state index >= 15 is 0 Å². The molecule has 0 atom stereocenters. The van der Waals surface area contributed by atoms with Crippen LogP contribution in [0.25, 0.3) is 10.9 Å². The van der Waals surface area contributed by atoms with Crippen LogP contribution < -0.4 is 10.1 Å². The van der Waals surface area contributed by atoms with Crippen molar-refractivity contribution in [3.8, 4) is 11.5 Å². The number of aromatic hydroxyl groups is 1. The summed E-state index contributed by atoms with van der Waals surface area (Å²) in [6.45, 7) is 1.97. The van der Waals surface area contributed by atoms with Crippen molar-refractivity contribution in [3.63, 3.8) is 0 Å². The first-order valence-corrected chi connectivity index (χ1v) is 8.18. The lowest BCUT2D eigenvalue weighted by molar-refractivity contribution is 0.0982. The summed E-state index contributed by atoms with van der Waals surface area (Å²) in [5, 5.41) is 13.6. The van der Waals surface area contributed by atoms with Gasteiger partial charge in [-0.1, -0.05) is 6.92 Å². The van der Waals surface area contributed by atoms with E-state index in [2.05, 4.69) is 10.3 Å². The Kier molecular flexibility index (Phi) is 4.84. The number of nitrogens with zero attached hydrogens (tertiary/aromatic N) is 1. The molecule has 128 valence electrons. The maximum atomic E-state index is 12.6. The number of rotatable bonds is 6. The molecule has 0 fully saturated rings. The van der Waals surface area contributed by atoms with Gasteiger partial charge in [0.2, 0.25) is 0 Å². The Hall–Kier alpha value is -3.08. The lowest BCUT2D eigenvalue weighted by Crippen LogP contribution is -2.05. The molecular weight excluding hydrogens is 316 g/mol. The number of phenols is 1. The van der Waals surface area contributed by atoms with Crippen LogP contribution in [0, 0.1) is 0 Å². The average molecular weight is 336 g/mol. The molecular formula is C20H20N2O3. The summed E-state index contributed by atoms with van der Waals surface area (Å²) in [6.07, 6.45) is 2.85. The van der Waals surface area contributed by atoms with Crippen LogP contribution in [0.3, 0.4) is 0 Å². The molecule has 2 N–H and O–H groups in total. The molecule has 5 heteroatoms. The molecule has 0 aliphatic rings. The summed E-state index contributed by atoms with van der Waals surface area (Å²) in [5.41, 5.74) is 2.80. The highest BCUT2D eigenvalue weighted by atomic mass is 16.5. The van der Waals surface area contributed by atoms with E-state index in [0.29, 0.717) is 23.4 Å². The molecule has 0 bridgehead atoms. The molecule has 0 aliphatic heterocycles. The standard InChI is InChI=1S/C20H20N2O3/c1-3-4-19(24)17-12-21-18-10-9-15(25-2)11-16(18)20(17)22-13-5-7-14(23)8-6-13/h5-12,23H,3-4H2,1-2H3,(H,21,22). The number of nitrogens with one attached hydrogen (secondary N) is 1. The predicted molar refractivity (Wildman–Crippen MR) is 98.9 cm³/mol. The highest BCUT2D eigenvalue weighted by molar-refractivity contribution is 6.09. The van der Waals surface area contributed by atoms with Crippen LogP contribution in [-0.2, 0) is 0 Å². The molecule has 25 heavy (non-hydrogen) atoms. The van der Waals surface area contributed by atoms with Crippen LogP contribution in [0.2, 0.25) is 0 Å². The van der Waals surface area contributed by atoms with Crippen molar-refractivity contribution in [3.05, 3.63) is 54.2 Å². The van der Waals surface area contributed by atoms with Crippen LogP contribution in [0.4, 0.5) is 11.4 Å². The number of methoxy groups -OCH3 is 1. The van der Waals surface area contributed by atoms with Gasteiger partial charge in [-0.15, -0.1) is 0 Å². The third kappa shape index (κ3) is 3.55. The number of fused-ring (bicyclic) bond motifs is 1. The molecule has 0 radical (unpaired) electrons. The van der Waals surface area contributed by atoms with Crippen molar-refractivity contribution in [2.24, 2.45) is 0 Å². The number of ether oxygens (including phenoxy) is 1. The Labute approximate surface area is 146 Å². The van der Waals surface area contributed by atoms with Crippen molar-refractivity contribution in [1.82, 2.24) is 4.98 Å². The first-order valence-electron chi connectivity index (χ1n) is 8.18. The SMILES string of the molecule is CCCC(=O)c1cnc2ccc(OC)cc2c1Nc1ccc(O)cc1. The maximum absolute atomic E-state index is 12.6. The van der Waals surface area contributed by atoms with Gasteiger partial charge in [-0.3, -0.25) is 9.78 Å². The van der Waals surface area contributed by atoms with Crippen LogP contribution in [0.15, 0.2) is 48.7 Å². The monoisotopic (exact) mass is 336 g/mol. The van der Waals surface area contributed by atoms with Gasteiger partial charge in [0.1, 0.15) is 11.5 Å². The molecule has 2 aromatic carbocycles. The predicted octanol–water partition coefficient (Wildman–Crippen LogP) is 4.68. The molecule has 3 rings (SSSR count). The quantitative estimate of drug-likeness (QED) is 0.505. The van der Waals surface area contributed by atoms with Gasteiger partial charge in [0.25, 0.3) is 0 Å². The summed E-state index contributed by atoms with van der Waals surface area (Å²) in [4.78, 5) is 17.0. The Balaban J connectivity index is 2.16. The van der Waals surface area contributed by atoms with Crippen molar-refractivity contribution in [1.29, 1.82) is 0 Å². The minimum atomic E-state index is 0.0426. The molecule has 0 saturated carbocycles. The van der Waals surface area contributed by atoms with Gasteiger partial charge < -0.3 is 15.2 Å². The number of anilines is 2. The molecule has 1 aromatic heterocycles. The second-order valence-electron chi connectivity index (χ2n) is 5.78. The lowest BCUT2D eigenvalue weighted by atomic mass is 10.0. The molecule has 1 heterocycles. The van der Waals surface area contributed by atoms with Gasteiger partial charge in [0, 0.05) is 23.7 Å². The van der Waals surface area contributed by atoms with Gasteiger partial charge >= 0.3 is 0 Å². The Morgan fingerprint density at radius 2 is 1.96 bits per heavy atom. The number of aromatic nitrogens is 1. The number of phenolic OH excluding ortho intramolecular Hbond substituents is 1. The van der Waals surface area contributed by atoms with Crippen molar-refractivity contribution in [2.45, 2.75) is 19.8 Å². The summed E-state index contributed by atoms with van der Waals surface area (Å²) in [7, 11) is 1.60. The third-order valence-electron chi connectivity index (χ3n) is 3.99. The maximum Gasteiger partial charge on any atom is 0.166 e. The summed E-state index contributed by atoms with van der Waals surface area (Å²) >= 11 is 0. The summed E-state index contributed by atoms with van der Waals surface area (Å²) in [6, 6.07) is 12.3. The van der Waals surface area contributed by atoms with E-state index in [1.54, 1.807) is 37.6 Å². The number of Topliss-reactive ketones (excluding diaryl/α,β-unsaturated/α-hetero) is 1. The fourth-order valence-corrected chi connectivity index (χ4v) is 2.70. The van der Waals surface area contributed by atoms with Crippen molar-refractivity contribution >= 4 is 28.1 Å². The van der Waals surface area contributed by atoms with E-state index in [4.69, 9.17) is 4.74 Å². The largest absolute Gasteiger partial charge is 0.508 e. The van der Waals surface area contributed by atoms with E-state index in [-0.39, 0.29) is 11.5 Å².